The summed E-state index contributed by atoms with van der Waals surface area (Å²) in [7, 11) is 0. The Labute approximate surface area is 180 Å². The fraction of sp³-hybridized carbons (Fsp3) is 0.778. The molecule has 29 heavy (non-hydrogen) atoms. The highest BCUT2D eigenvalue weighted by molar-refractivity contribution is 5.67. The highest BCUT2D eigenvalue weighted by atomic mass is 15.2. The first kappa shape index (κ1) is 22.5. The second-order valence-electron chi connectivity index (χ2n) is 10.7. The highest BCUT2D eigenvalue weighted by Crippen LogP contribution is 2.35. The summed E-state index contributed by atoms with van der Waals surface area (Å²) in [6.07, 6.45) is 15.0. The zero-order valence-corrected chi connectivity index (χ0v) is 19.9. The summed E-state index contributed by atoms with van der Waals surface area (Å²) in [4.78, 5) is 2.78. The minimum atomic E-state index is 0.665. The van der Waals surface area contributed by atoms with Gasteiger partial charge in [-0.25, -0.2) is 0 Å². The summed E-state index contributed by atoms with van der Waals surface area (Å²) in [6.45, 7) is 13.0. The highest BCUT2D eigenvalue weighted by Gasteiger charge is 2.25. The van der Waals surface area contributed by atoms with Gasteiger partial charge in [0.2, 0.25) is 0 Å². The van der Waals surface area contributed by atoms with E-state index in [0.29, 0.717) is 17.9 Å². The molecule has 0 unspecified atom stereocenters. The maximum atomic E-state index is 4.01. The molecule has 1 aromatic rings. The standard InChI is InChI=1S/C27H46N2/c1-20(2)16-23-17-22(5)27(18-26(23)28-24-12-8-6-9-13-24)29(19-21(3)4)25-14-10-7-11-15-25/h17-18,20-21,24-25,28H,6-16,19H2,1-5H3. The summed E-state index contributed by atoms with van der Waals surface area (Å²) in [5.41, 5.74) is 5.92. The van der Waals surface area contributed by atoms with Gasteiger partial charge in [0.05, 0.1) is 0 Å². The second-order valence-corrected chi connectivity index (χ2v) is 10.7. The average Bonchev–Trinajstić information content (AvgIpc) is 2.69. The van der Waals surface area contributed by atoms with Crippen molar-refractivity contribution in [1.82, 2.24) is 0 Å². The monoisotopic (exact) mass is 398 g/mol. The summed E-state index contributed by atoms with van der Waals surface area (Å²) in [6, 6.07) is 6.44. The fourth-order valence-corrected chi connectivity index (χ4v) is 5.51. The molecule has 2 fully saturated rings. The number of aryl methyl sites for hydroxylation is 1. The third-order valence-corrected chi connectivity index (χ3v) is 6.90. The van der Waals surface area contributed by atoms with Crippen LogP contribution in [0.5, 0.6) is 0 Å². The van der Waals surface area contributed by atoms with Gasteiger partial charge < -0.3 is 10.2 Å². The first-order valence-corrected chi connectivity index (χ1v) is 12.6. The van der Waals surface area contributed by atoms with Crippen molar-refractivity contribution in [2.45, 2.75) is 117 Å². The van der Waals surface area contributed by atoms with Gasteiger partial charge in [-0.15, -0.1) is 0 Å². The normalized spacial score (nSPS) is 19.1. The zero-order valence-electron chi connectivity index (χ0n) is 19.9. The van der Waals surface area contributed by atoms with E-state index in [4.69, 9.17) is 0 Å². The van der Waals surface area contributed by atoms with Crippen molar-refractivity contribution in [2.24, 2.45) is 11.8 Å². The first-order valence-electron chi connectivity index (χ1n) is 12.6. The number of rotatable bonds is 8. The van der Waals surface area contributed by atoms with Gasteiger partial charge in [-0.3, -0.25) is 0 Å². The van der Waals surface area contributed by atoms with Crippen molar-refractivity contribution in [1.29, 1.82) is 0 Å². The Kier molecular flexibility index (Phi) is 8.33. The summed E-state index contributed by atoms with van der Waals surface area (Å²) in [5, 5.41) is 4.01. The molecule has 0 atom stereocenters. The van der Waals surface area contributed by atoms with Gasteiger partial charge in [0, 0.05) is 30.0 Å². The van der Waals surface area contributed by atoms with Crippen molar-refractivity contribution in [3.05, 3.63) is 23.3 Å². The van der Waals surface area contributed by atoms with E-state index in [9.17, 15) is 0 Å². The number of anilines is 2. The molecule has 164 valence electrons. The molecule has 0 aromatic heterocycles. The molecule has 0 spiro atoms. The third kappa shape index (κ3) is 6.40. The average molecular weight is 399 g/mol. The van der Waals surface area contributed by atoms with Crippen LogP contribution >= 0.6 is 0 Å². The van der Waals surface area contributed by atoms with E-state index in [0.717, 1.165) is 6.04 Å². The molecule has 2 aliphatic rings. The van der Waals surface area contributed by atoms with Crippen molar-refractivity contribution in [3.8, 4) is 0 Å². The molecule has 3 rings (SSSR count). The van der Waals surface area contributed by atoms with Gasteiger partial charge in [0.25, 0.3) is 0 Å². The van der Waals surface area contributed by atoms with Gasteiger partial charge in [-0.05, 0) is 68.1 Å². The van der Waals surface area contributed by atoms with Gasteiger partial charge in [0.1, 0.15) is 0 Å². The van der Waals surface area contributed by atoms with Crippen LogP contribution in [0.2, 0.25) is 0 Å². The second kappa shape index (κ2) is 10.7. The number of nitrogens with one attached hydrogen (secondary N) is 1. The molecule has 0 heterocycles. The summed E-state index contributed by atoms with van der Waals surface area (Å²) >= 11 is 0. The molecule has 1 aromatic carbocycles. The lowest BCUT2D eigenvalue weighted by Gasteiger charge is -2.39. The smallest absolute Gasteiger partial charge is 0.0419 e. The summed E-state index contributed by atoms with van der Waals surface area (Å²) < 4.78 is 0. The van der Waals surface area contributed by atoms with E-state index in [1.165, 1.54) is 99.7 Å². The lowest BCUT2D eigenvalue weighted by atomic mass is 9.91. The van der Waals surface area contributed by atoms with Crippen molar-refractivity contribution >= 4 is 11.4 Å². The van der Waals surface area contributed by atoms with Crippen molar-refractivity contribution < 1.29 is 0 Å². The van der Waals surface area contributed by atoms with Gasteiger partial charge in [-0.2, -0.15) is 0 Å². The van der Waals surface area contributed by atoms with Crippen LogP contribution in [0.3, 0.4) is 0 Å². The largest absolute Gasteiger partial charge is 0.382 e. The molecule has 0 aliphatic heterocycles. The Bertz CT molecular complexity index is 622. The number of hydrogen-bond acceptors (Lipinski definition) is 2. The predicted octanol–water partition coefficient (Wildman–Crippen LogP) is 7.73. The summed E-state index contributed by atoms with van der Waals surface area (Å²) in [5.74, 6) is 1.39. The van der Waals surface area contributed by atoms with E-state index >= 15 is 0 Å². The van der Waals surface area contributed by atoms with E-state index in [1.807, 2.05) is 0 Å². The SMILES string of the molecule is Cc1cc(CC(C)C)c(NC2CCCCC2)cc1N(CC(C)C)C1CCCCC1. The number of nitrogens with zero attached hydrogens (tertiary/aromatic N) is 1. The van der Waals surface area contributed by atoms with Crippen molar-refractivity contribution in [3.63, 3.8) is 0 Å². The van der Waals surface area contributed by atoms with Crippen LogP contribution < -0.4 is 10.2 Å². The van der Waals surface area contributed by atoms with Crippen molar-refractivity contribution in [2.75, 3.05) is 16.8 Å². The van der Waals surface area contributed by atoms with Crippen LogP contribution in [0.15, 0.2) is 12.1 Å². The molecule has 2 saturated carbocycles. The lowest BCUT2D eigenvalue weighted by molar-refractivity contribution is 0.401. The minimum Gasteiger partial charge on any atom is -0.382 e. The zero-order chi connectivity index (χ0) is 20.8. The Hall–Kier alpha value is -1.18. The minimum absolute atomic E-state index is 0.665. The predicted molar refractivity (Wildman–Crippen MR) is 129 cm³/mol. The molecular weight excluding hydrogens is 352 g/mol. The van der Waals surface area contributed by atoms with Crippen LogP contribution in [0, 0.1) is 18.8 Å². The Balaban J connectivity index is 1.93. The maximum Gasteiger partial charge on any atom is 0.0419 e. The third-order valence-electron chi connectivity index (χ3n) is 6.90. The van der Waals surface area contributed by atoms with Crippen LogP contribution in [0.25, 0.3) is 0 Å². The van der Waals surface area contributed by atoms with E-state index in [1.54, 1.807) is 0 Å². The van der Waals surface area contributed by atoms with Crippen LogP contribution in [0.4, 0.5) is 11.4 Å². The van der Waals surface area contributed by atoms with Gasteiger partial charge in [0.15, 0.2) is 0 Å². The number of benzene rings is 1. The van der Waals surface area contributed by atoms with E-state index in [-0.39, 0.29) is 0 Å². The quantitative estimate of drug-likeness (QED) is 0.482. The molecule has 0 bridgehead atoms. The molecule has 2 heteroatoms. The molecule has 0 saturated heterocycles. The van der Waals surface area contributed by atoms with Gasteiger partial charge >= 0.3 is 0 Å². The Morgan fingerprint density at radius 2 is 1.48 bits per heavy atom. The van der Waals surface area contributed by atoms with Crippen LogP contribution in [-0.4, -0.2) is 18.6 Å². The molecule has 2 aliphatic carbocycles. The van der Waals surface area contributed by atoms with Gasteiger partial charge in [-0.1, -0.05) is 72.3 Å². The molecular formula is C27H46N2. The number of hydrogen-bond donors (Lipinski definition) is 1. The topological polar surface area (TPSA) is 15.3 Å². The Morgan fingerprint density at radius 3 is 2.07 bits per heavy atom. The van der Waals surface area contributed by atoms with E-state index in [2.05, 4.69) is 57.0 Å². The Morgan fingerprint density at radius 1 is 0.862 bits per heavy atom. The van der Waals surface area contributed by atoms with Crippen LogP contribution in [-0.2, 0) is 6.42 Å². The van der Waals surface area contributed by atoms with E-state index < -0.39 is 0 Å². The fourth-order valence-electron chi connectivity index (χ4n) is 5.51. The molecule has 2 nitrogen and oxygen atoms in total. The first-order chi connectivity index (χ1) is 13.9. The maximum absolute atomic E-state index is 4.01. The van der Waals surface area contributed by atoms with Crippen LogP contribution in [0.1, 0.15) is 103 Å². The molecule has 0 radical (unpaired) electrons. The molecule has 0 amide bonds. The molecule has 1 N–H and O–H groups in total. The lowest BCUT2D eigenvalue weighted by Crippen LogP contribution is -2.40.